The average molecular weight is 276 g/mol. The molecule has 1 fully saturated rings. The van der Waals surface area contributed by atoms with Gasteiger partial charge in [-0.25, -0.2) is 4.79 Å². The van der Waals surface area contributed by atoms with Crippen LogP contribution in [0.15, 0.2) is 30.3 Å². The minimum Gasteiger partial charge on any atom is -0.444 e. The number of amides is 1. The summed E-state index contributed by atoms with van der Waals surface area (Å²) >= 11 is 0. The summed E-state index contributed by atoms with van der Waals surface area (Å²) in [7, 11) is 0. The zero-order valence-electron chi connectivity index (χ0n) is 12.5. The fraction of sp³-hybridized carbons (Fsp3) is 0.562. The van der Waals surface area contributed by atoms with Crippen molar-refractivity contribution in [2.45, 2.75) is 51.3 Å². The van der Waals surface area contributed by atoms with Gasteiger partial charge in [-0.2, -0.15) is 0 Å². The lowest BCUT2D eigenvalue weighted by molar-refractivity contribution is 0.0220. The van der Waals surface area contributed by atoms with Gasteiger partial charge in [0.2, 0.25) is 0 Å². The maximum Gasteiger partial charge on any atom is 0.410 e. The maximum absolute atomic E-state index is 12.3. The van der Waals surface area contributed by atoms with Crippen LogP contribution in [0.5, 0.6) is 0 Å². The molecule has 1 aromatic carbocycles. The summed E-state index contributed by atoms with van der Waals surface area (Å²) in [5.74, 6) is 0. The van der Waals surface area contributed by atoms with Gasteiger partial charge in [-0.3, -0.25) is 0 Å². The predicted molar refractivity (Wildman–Crippen MR) is 79.5 cm³/mol. The standard InChI is InChI=1S/C16H24N2O2/c1-16(2,3)20-15(19)18-10-9-13(17)14(18)11-12-7-5-4-6-8-12/h4-8,13-14H,9-11,17H2,1-3H3/t13-,14+/m1/s1. The Kier molecular flexibility index (Phi) is 4.33. The smallest absolute Gasteiger partial charge is 0.410 e. The average Bonchev–Trinajstić information content (AvgIpc) is 2.70. The topological polar surface area (TPSA) is 55.6 Å². The number of carbonyl (C=O) groups is 1. The van der Waals surface area contributed by atoms with Crippen LogP contribution in [0.25, 0.3) is 0 Å². The number of nitrogens with two attached hydrogens (primary N) is 1. The Labute approximate surface area is 120 Å². The Balaban J connectivity index is 2.07. The maximum atomic E-state index is 12.3. The Morgan fingerprint density at radius 2 is 2.00 bits per heavy atom. The molecule has 0 bridgehead atoms. The summed E-state index contributed by atoms with van der Waals surface area (Å²) in [4.78, 5) is 14.0. The van der Waals surface area contributed by atoms with E-state index >= 15 is 0 Å². The molecule has 2 atom stereocenters. The third-order valence-corrected chi connectivity index (χ3v) is 3.51. The van der Waals surface area contributed by atoms with Crippen LogP contribution in [0.4, 0.5) is 4.79 Å². The second kappa shape index (κ2) is 5.83. The van der Waals surface area contributed by atoms with E-state index in [4.69, 9.17) is 10.5 Å². The van der Waals surface area contributed by atoms with Crippen LogP contribution < -0.4 is 5.73 Å². The van der Waals surface area contributed by atoms with Gasteiger partial charge in [0.15, 0.2) is 0 Å². The molecule has 110 valence electrons. The molecule has 1 amide bonds. The largest absolute Gasteiger partial charge is 0.444 e. The molecule has 1 heterocycles. The minimum atomic E-state index is -0.471. The normalized spacial score (nSPS) is 22.9. The first kappa shape index (κ1) is 14.9. The van der Waals surface area contributed by atoms with Gasteiger partial charge < -0.3 is 15.4 Å². The number of likely N-dealkylation sites (tertiary alicyclic amines) is 1. The van der Waals surface area contributed by atoms with Crippen molar-refractivity contribution < 1.29 is 9.53 Å². The molecule has 0 radical (unpaired) electrons. The van der Waals surface area contributed by atoms with E-state index in [2.05, 4.69) is 12.1 Å². The monoisotopic (exact) mass is 276 g/mol. The summed E-state index contributed by atoms with van der Waals surface area (Å²) in [5.41, 5.74) is 6.90. The SMILES string of the molecule is CC(C)(C)OC(=O)N1CC[C@@H](N)[C@@H]1Cc1ccccc1. The lowest BCUT2D eigenvalue weighted by Gasteiger charge is -2.30. The summed E-state index contributed by atoms with van der Waals surface area (Å²) in [6.07, 6.45) is 1.35. The number of ether oxygens (including phenoxy) is 1. The van der Waals surface area contributed by atoms with Gasteiger partial charge in [-0.05, 0) is 39.2 Å². The summed E-state index contributed by atoms with van der Waals surface area (Å²) in [5, 5.41) is 0. The molecule has 0 spiro atoms. The van der Waals surface area contributed by atoms with Crippen molar-refractivity contribution in [1.82, 2.24) is 4.90 Å². The number of hydrogen-bond donors (Lipinski definition) is 1. The van der Waals surface area contributed by atoms with Crippen LogP contribution in [0.2, 0.25) is 0 Å². The number of nitrogens with zero attached hydrogens (tertiary/aromatic N) is 1. The second-order valence-corrected chi connectivity index (χ2v) is 6.38. The molecule has 0 aromatic heterocycles. The third kappa shape index (κ3) is 3.73. The van der Waals surface area contributed by atoms with Crippen molar-refractivity contribution in [3.05, 3.63) is 35.9 Å². The summed E-state index contributed by atoms with van der Waals surface area (Å²) in [6, 6.07) is 10.2. The predicted octanol–water partition coefficient (Wildman–Crippen LogP) is 2.57. The highest BCUT2D eigenvalue weighted by atomic mass is 16.6. The molecule has 20 heavy (non-hydrogen) atoms. The summed E-state index contributed by atoms with van der Waals surface area (Å²) in [6.45, 7) is 6.32. The Morgan fingerprint density at radius 1 is 1.35 bits per heavy atom. The lowest BCUT2D eigenvalue weighted by Crippen LogP contribution is -2.46. The van der Waals surface area contributed by atoms with Crippen molar-refractivity contribution in [3.63, 3.8) is 0 Å². The van der Waals surface area contributed by atoms with Crippen molar-refractivity contribution >= 4 is 6.09 Å². The van der Waals surface area contributed by atoms with E-state index < -0.39 is 5.60 Å². The fourth-order valence-electron chi connectivity index (χ4n) is 2.54. The Bertz CT molecular complexity index is 453. The van der Waals surface area contributed by atoms with Gasteiger partial charge in [0, 0.05) is 12.6 Å². The number of carbonyl (C=O) groups excluding carboxylic acids is 1. The molecular formula is C16H24N2O2. The van der Waals surface area contributed by atoms with E-state index in [1.807, 2.05) is 39.0 Å². The first-order valence-corrected chi connectivity index (χ1v) is 7.16. The zero-order chi connectivity index (χ0) is 14.8. The first-order chi connectivity index (χ1) is 9.37. The van der Waals surface area contributed by atoms with Crippen LogP contribution in [-0.4, -0.2) is 35.2 Å². The van der Waals surface area contributed by atoms with E-state index in [1.165, 1.54) is 5.56 Å². The first-order valence-electron chi connectivity index (χ1n) is 7.16. The van der Waals surface area contributed by atoms with Gasteiger partial charge in [0.05, 0.1) is 6.04 Å². The van der Waals surface area contributed by atoms with Crippen LogP contribution in [0, 0.1) is 0 Å². The highest BCUT2D eigenvalue weighted by molar-refractivity contribution is 5.69. The van der Waals surface area contributed by atoms with Gasteiger partial charge in [-0.15, -0.1) is 0 Å². The molecule has 1 aromatic rings. The molecule has 2 rings (SSSR count). The molecule has 4 heteroatoms. The van der Waals surface area contributed by atoms with E-state index in [9.17, 15) is 4.79 Å². The van der Waals surface area contributed by atoms with Gasteiger partial charge in [0.25, 0.3) is 0 Å². The molecule has 2 N–H and O–H groups in total. The van der Waals surface area contributed by atoms with Crippen molar-refractivity contribution in [1.29, 1.82) is 0 Å². The molecule has 0 aliphatic carbocycles. The van der Waals surface area contributed by atoms with Crippen LogP contribution in [0.1, 0.15) is 32.8 Å². The van der Waals surface area contributed by atoms with Gasteiger partial charge in [0.1, 0.15) is 5.60 Å². The Hall–Kier alpha value is -1.55. The van der Waals surface area contributed by atoms with E-state index in [0.29, 0.717) is 6.54 Å². The van der Waals surface area contributed by atoms with Gasteiger partial charge in [-0.1, -0.05) is 30.3 Å². The molecule has 1 saturated heterocycles. The Morgan fingerprint density at radius 3 is 2.60 bits per heavy atom. The quantitative estimate of drug-likeness (QED) is 0.903. The fourth-order valence-corrected chi connectivity index (χ4v) is 2.54. The molecule has 1 aliphatic heterocycles. The van der Waals surface area contributed by atoms with E-state index in [0.717, 1.165) is 12.8 Å². The van der Waals surface area contributed by atoms with Crippen LogP contribution >= 0.6 is 0 Å². The minimum absolute atomic E-state index is 0.0164. The molecule has 0 saturated carbocycles. The van der Waals surface area contributed by atoms with Gasteiger partial charge >= 0.3 is 6.09 Å². The van der Waals surface area contributed by atoms with Crippen molar-refractivity contribution in [2.24, 2.45) is 5.73 Å². The molecule has 4 nitrogen and oxygen atoms in total. The molecular weight excluding hydrogens is 252 g/mol. The second-order valence-electron chi connectivity index (χ2n) is 6.38. The number of benzene rings is 1. The molecule has 1 aliphatic rings. The van der Waals surface area contributed by atoms with Crippen molar-refractivity contribution in [3.8, 4) is 0 Å². The number of hydrogen-bond acceptors (Lipinski definition) is 3. The highest BCUT2D eigenvalue weighted by Gasteiger charge is 2.37. The summed E-state index contributed by atoms with van der Waals surface area (Å²) < 4.78 is 5.47. The lowest BCUT2D eigenvalue weighted by atomic mass is 10.0. The van der Waals surface area contributed by atoms with E-state index in [1.54, 1.807) is 4.90 Å². The van der Waals surface area contributed by atoms with Crippen LogP contribution in [0.3, 0.4) is 0 Å². The number of rotatable bonds is 2. The van der Waals surface area contributed by atoms with E-state index in [-0.39, 0.29) is 18.2 Å². The molecule has 0 unspecified atom stereocenters. The van der Waals surface area contributed by atoms with Crippen molar-refractivity contribution in [2.75, 3.05) is 6.54 Å². The van der Waals surface area contributed by atoms with Crippen LogP contribution in [-0.2, 0) is 11.2 Å². The third-order valence-electron chi connectivity index (χ3n) is 3.51. The highest BCUT2D eigenvalue weighted by Crippen LogP contribution is 2.23. The zero-order valence-corrected chi connectivity index (χ0v) is 12.5.